The van der Waals surface area contributed by atoms with Gasteiger partial charge in [-0.2, -0.15) is 0 Å². The van der Waals surface area contributed by atoms with Crippen LogP contribution in [0.2, 0.25) is 0 Å². The number of carbonyl (C=O) groups excluding carboxylic acids is 1. The quantitative estimate of drug-likeness (QED) is 0.671. The van der Waals surface area contributed by atoms with Gasteiger partial charge in [0.05, 0.1) is 6.04 Å². The van der Waals surface area contributed by atoms with E-state index >= 15 is 0 Å². The van der Waals surface area contributed by atoms with Crippen molar-refractivity contribution in [1.82, 2.24) is 0 Å². The van der Waals surface area contributed by atoms with E-state index in [4.69, 9.17) is 5.73 Å². The van der Waals surface area contributed by atoms with Gasteiger partial charge in [0.2, 0.25) is 0 Å². The Balaban J connectivity index is 2.39. The molecule has 2 N–H and O–H groups in total. The maximum atomic E-state index is 11.5. The van der Waals surface area contributed by atoms with Crippen LogP contribution in [0.25, 0.3) is 0 Å². The number of Topliss-reactive ketones (excluding diaryl/α,β-unsaturated/α-hetero) is 1. The van der Waals surface area contributed by atoms with Gasteiger partial charge in [0.1, 0.15) is 0 Å². The van der Waals surface area contributed by atoms with Crippen molar-refractivity contribution in [2.24, 2.45) is 11.7 Å². The van der Waals surface area contributed by atoms with E-state index in [1.54, 1.807) is 0 Å². The van der Waals surface area contributed by atoms with Gasteiger partial charge in [-0.3, -0.25) is 4.79 Å². The zero-order chi connectivity index (χ0) is 8.27. The smallest absolute Gasteiger partial charge is 0.152 e. The predicted molar refractivity (Wildman–Crippen MR) is 45.2 cm³/mol. The number of carbonyl (C=O) groups is 1. The minimum atomic E-state index is -0.196. The highest BCUT2D eigenvalue weighted by Crippen LogP contribution is 2.26. The molecule has 1 saturated carbocycles. The van der Waals surface area contributed by atoms with Crippen molar-refractivity contribution in [2.45, 2.75) is 45.1 Å². The molecule has 1 atom stereocenters. The SMILES string of the molecule is CC[C@H](N)C(=O)C1CCCC1. The Morgan fingerprint density at radius 1 is 1.55 bits per heavy atom. The monoisotopic (exact) mass is 155 g/mol. The maximum absolute atomic E-state index is 11.5. The van der Waals surface area contributed by atoms with Gasteiger partial charge >= 0.3 is 0 Å². The second-order valence-corrected chi connectivity index (χ2v) is 3.40. The average Bonchev–Trinajstić information content (AvgIpc) is 2.53. The van der Waals surface area contributed by atoms with Crippen molar-refractivity contribution in [1.29, 1.82) is 0 Å². The molecule has 0 aromatic carbocycles. The third-order valence-corrected chi connectivity index (χ3v) is 2.56. The molecule has 1 rings (SSSR count). The second kappa shape index (κ2) is 3.86. The molecule has 2 heteroatoms. The third kappa shape index (κ3) is 2.03. The van der Waals surface area contributed by atoms with Crippen LogP contribution in [0.3, 0.4) is 0 Å². The van der Waals surface area contributed by atoms with Crippen LogP contribution < -0.4 is 5.73 Å². The lowest BCUT2D eigenvalue weighted by Crippen LogP contribution is -2.33. The molecule has 0 radical (unpaired) electrons. The molecule has 0 unspecified atom stereocenters. The Morgan fingerprint density at radius 3 is 2.55 bits per heavy atom. The molecule has 0 aliphatic heterocycles. The molecule has 0 bridgehead atoms. The van der Waals surface area contributed by atoms with Crippen LogP contribution in [-0.4, -0.2) is 11.8 Å². The molecule has 11 heavy (non-hydrogen) atoms. The lowest BCUT2D eigenvalue weighted by atomic mass is 9.96. The van der Waals surface area contributed by atoms with Gasteiger partial charge in [0, 0.05) is 5.92 Å². The highest BCUT2D eigenvalue weighted by atomic mass is 16.1. The fourth-order valence-electron chi connectivity index (χ4n) is 1.71. The summed E-state index contributed by atoms with van der Waals surface area (Å²) in [5.74, 6) is 0.593. The normalized spacial score (nSPS) is 22.0. The van der Waals surface area contributed by atoms with Crippen molar-refractivity contribution in [3.05, 3.63) is 0 Å². The minimum Gasteiger partial charge on any atom is -0.322 e. The van der Waals surface area contributed by atoms with Crippen molar-refractivity contribution < 1.29 is 4.79 Å². The number of ketones is 1. The predicted octanol–water partition coefficient (Wildman–Crippen LogP) is 1.48. The van der Waals surface area contributed by atoms with Crippen LogP contribution in [0.15, 0.2) is 0 Å². The zero-order valence-corrected chi connectivity index (χ0v) is 7.18. The molecule has 0 saturated heterocycles. The van der Waals surface area contributed by atoms with E-state index in [9.17, 15) is 4.79 Å². The van der Waals surface area contributed by atoms with Gasteiger partial charge < -0.3 is 5.73 Å². The van der Waals surface area contributed by atoms with Crippen LogP contribution >= 0.6 is 0 Å². The van der Waals surface area contributed by atoms with Gasteiger partial charge in [0.25, 0.3) is 0 Å². The number of rotatable bonds is 3. The number of hydrogen-bond donors (Lipinski definition) is 1. The second-order valence-electron chi connectivity index (χ2n) is 3.40. The van der Waals surface area contributed by atoms with E-state index < -0.39 is 0 Å². The van der Waals surface area contributed by atoms with E-state index in [1.165, 1.54) is 12.8 Å². The first-order chi connectivity index (χ1) is 5.25. The van der Waals surface area contributed by atoms with E-state index in [0.29, 0.717) is 11.7 Å². The molecule has 64 valence electrons. The maximum Gasteiger partial charge on any atom is 0.152 e. The Kier molecular flexibility index (Phi) is 3.06. The van der Waals surface area contributed by atoms with E-state index in [2.05, 4.69) is 0 Å². The van der Waals surface area contributed by atoms with Crippen LogP contribution in [0.1, 0.15) is 39.0 Å². The van der Waals surface area contributed by atoms with Crippen LogP contribution in [0, 0.1) is 5.92 Å². The molecule has 0 aromatic heterocycles. The van der Waals surface area contributed by atoms with Crippen molar-refractivity contribution in [3.63, 3.8) is 0 Å². The van der Waals surface area contributed by atoms with Crippen LogP contribution in [0.4, 0.5) is 0 Å². The first-order valence-corrected chi connectivity index (χ1v) is 4.55. The number of hydrogen-bond acceptors (Lipinski definition) is 2. The lowest BCUT2D eigenvalue weighted by Gasteiger charge is -2.12. The van der Waals surface area contributed by atoms with Crippen LogP contribution in [0.5, 0.6) is 0 Å². The minimum absolute atomic E-state index is 0.196. The molecule has 1 fully saturated rings. The summed E-state index contributed by atoms with van der Waals surface area (Å²) in [5, 5.41) is 0. The Hall–Kier alpha value is -0.370. The summed E-state index contributed by atoms with van der Waals surface area (Å²) in [6.07, 6.45) is 5.37. The van der Waals surface area contributed by atoms with Gasteiger partial charge in [-0.05, 0) is 19.3 Å². The summed E-state index contributed by atoms with van der Waals surface area (Å²) in [6.45, 7) is 1.97. The highest BCUT2D eigenvalue weighted by molar-refractivity contribution is 5.86. The Labute approximate surface area is 68.2 Å². The molecular weight excluding hydrogens is 138 g/mol. The topological polar surface area (TPSA) is 43.1 Å². The zero-order valence-electron chi connectivity index (χ0n) is 7.18. The summed E-state index contributed by atoms with van der Waals surface area (Å²) in [6, 6.07) is -0.196. The summed E-state index contributed by atoms with van der Waals surface area (Å²) >= 11 is 0. The molecular formula is C9H17NO. The van der Waals surface area contributed by atoms with Crippen molar-refractivity contribution in [3.8, 4) is 0 Å². The summed E-state index contributed by atoms with van der Waals surface area (Å²) < 4.78 is 0. The molecule has 0 spiro atoms. The summed E-state index contributed by atoms with van der Waals surface area (Å²) in [4.78, 5) is 11.5. The first kappa shape index (κ1) is 8.72. The van der Waals surface area contributed by atoms with Gasteiger partial charge in [0.15, 0.2) is 5.78 Å². The fourth-order valence-corrected chi connectivity index (χ4v) is 1.71. The summed E-state index contributed by atoms with van der Waals surface area (Å²) in [5.41, 5.74) is 5.65. The highest BCUT2D eigenvalue weighted by Gasteiger charge is 2.25. The first-order valence-electron chi connectivity index (χ1n) is 4.55. The molecule has 0 amide bonds. The lowest BCUT2D eigenvalue weighted by molar-refractivity contribution is -0.124. The molecule has 1 aliphatic rings. The molecule has 0 aromatic rings. The Bertz CT molecular complexity index is 138. The molecule has 2 nitrogen and oxygen atoms in total. The Morgan fingerprint density at radius 2 is 2.09 bits per heavy atom. The van der Waals surface area contributed by atoms with Gasteiger partial charge in [-0.1, -0.05) is 19.8 Å². The third-order valence-electron chi connectivity index (χ3n) is 2.56. The molecule has 0 heterocycles. The number of nitrogens with two attached hydrogens (primary N) is 1. The molecule has 1 aliphatic carbocycles. The van der Waals surface area contributed by atoms with Crippen molar-refractivity contribution >= 4 is 5.78 Å². The largest absolute Gasteiger partial charge is 0.322 e. The van der Waals surface area contributed by atoms with Gasteiger partial charge in [-0.25, -0.2) is 0 Å². The van der Waals surface area contributed by atoms with Gasteiger partial charge in [-0.15, -0.1) is 0 Å². The van der Waals surface area contributed by atoms with E-state index in [0.717, 1.165) is 19.3 Å². The fraction of sp³-hybridized carbons (Fsp3) is 0.889. The van der Waals surface area contributed by atoms with E-state index in [1.807, 2.05) is 6.92 Å². The van der Waals surface area contributed by atoms with Crippen molar-refractivity contribution in [2.75, 3.05) is 0 Å². The van der Waals surface area contributed by atoms with Crippen LogP contribution in [-0.2, 0) is 4.79 Å². The summed E-state index contributed by atoms with van der Waals surface area (Å²) in [7, 11) is 0. The van der Waals surface area contributed by atoms with E-state index in [-0.39, 0.29) is 6.04 Å². The standard InChI is InChI=1S/C9H17NO/c1-2-8(10)9(11)7-5-3-4-6-7/h7-8H,2-6,10H2,1H3/t8-/m0/s1. The average molecular weight is 155 g/mol.